The molecule has 0 radical (unpaired) electrons. The van der Waals surface area contributed by atoms with Crippen LogP contribution in [0, 0.1) is 5.82 Å². The minimum atomic E-state index is -0.350. The Bertz CT molecular complexity index is 280. The molecule has 0 fully saturated rings. The fourth-order valence-corrected chi connectivity index (χ4v) is 1.36. The molecule has 0 bridgehead atoms. The molecule has 0 amide bonds. The first-order chi connectivity index (χ1) is 5.09. The summed E-state index contributed by atoms with van der Waals surface area (Å²) in [7, 11) is 0. The van der Waals surface area contributed by atoms with Crippen LogP contribution in [0.5, 0.6) is 0 Å². The van der Waals surface area contributed by atoms with Crippen molar-refractivity contribution >= 4 is 44.1 Å². The van der Waals surface area contributed by atoms with Gasteiger partial charge in [-0.25, -0.2) is 4.39 Å². The van der Waals surface area contributed by atoms with Gasteiger partial charge in [-0.2, -0.15) is 0 Å². The number of rotatable bonds is 1. The Morgan fingerprint density at radius 2 is 2.09 bits per heavy atom. The highest BCUT2D eigenvalue weighted by Gasteiger charge is 2.00. The number of hydrogen-bond acceptors (Lipinski definition) is 1. The number of benzene rings is 1. The standard InChI is InChI=1S/C7H3BrClFS/c8-5-1-4(7(9)11)2-6(10)3-5/h1-3H. The molecule has 0 nitrogen and oxygen atoms in total. The summed E-state index contributed by atoms with van der Waals surface area (Å²) in [5, 5.41) is 0. The fraction of sp³-hybridized carbons (Fsp3) is 0. The van der Waals surface area contributed by atoms with Crippen molar-refractivity contribution in [3.63, 3.8) is 0 Å². The van der Waals surface area contributed by atoms with E-state index >= 15 is 0 Å². The summed E-state index contributed by atoms with van der Waals surface area (Å²) >= 11 is 13.3. The highest BCUT2D eigenvalue weighted by atomic mass is 79.9. The van der Waals surface area contributed by atoms with E-state index in [0.717, 1.165) is 0 Å². The predicted molar refractivity (Wildman–Crippen MR) is 51.7 cm³/mol. The lowest BCUT2D eigenvalue weighted by atomic mass is 10.2. The summed E-state index contributed by atoms with van der Waals surface area (Å²) in [5.41, 5.74) is 0.522. The second kappa shape index (κ2) is 3.61. The van der Waals surface area contributed by atoms with Crippen LogP contribution in [0.1, 0.15) is 5.56 Å². The fourth-order valence-electron chi connectivity index (χ4n) is 0.667. The normalized spacial score (nSPS) is 9.73. The van der Waals surface area contributed by atoms with Crippen LogP contribution in [0.3, 0.4) is 0 Å². The van der Waals surface area contributed by atoms with Crippen molar-refractivity contribution in [2.24, 2.45) is 0 Å². The van der Waals surface area contributed by atoms with Crippen LogP contribution in [0.15, 0.2) is 22.7 Å². The highest BCUT2D eigenvalue weighted by molar-refractivity contribution is 9.10. The van der Waals surface area contributed by atoms with Crippen molar-refractivity contribution in [1.82, 2.24) is 0 Å². The first-order valence-electron chi connectivity index (χ1n) is 2.75. The molecule has 0 aliphatic carbocycles. The SMILES string of the molecule is Fc1cc(Br)cc(C(=S)Cl)c1. The van der Waals surface area contributed by atoms with Gasteiger partial charge in [-0.15, -0.1) is 0 Å². The molecule has 1 aromatic rings. The summed E-state index contributed by atoms with van der Waals surface area (Å²) < 4.78 is 13.4. The number of thiocarbonyl (C=S) groups is 1. The van der Waals surface area contributed by atoms with Crippen LogP contribution in [0.25, 0.3) is 0 Å². The first kappa shape index (κ1) is 9.10. The molecule has 0 aliphatic rings. The zero-order valence-electron chi connectivity index (χ0n) is 5.27. The van der Waals surface area contributed by atoms with E-state index in [4.69, 9.17) is 11.6 Å². The number of halogens is 3. The van der Waals surface area contributed by atoms with E-state index in [-0.39, 0.29) is 10.1 Å². The van der Waals surface area contributed by atoms with Gasteiger partial charge >= 0.3 is 0 Å². The molecule has 1 aromatic carbocycles. The molecule has 0 heterocycles. The smallest absolute Gasteiger partial charge is 0.125 e. The Balaban J connectivity index is 3.19. The van der Waals surface area contributed by atoms with E-state index in [1.165, 1.54) is 12.1 Å². The lowest BCUT2D eigenvalue weighted by Gasteiger charge is -1.96. The van der Waals surface area contributed by atoms with Crippen LogP contribution in [-0.2, 0) is 0 Å². The first-order valence-corrected chi connectivity index (χ1v) is 4.33. The van der Waals surface area contributed by atoms with Gasteiger partial charge in [0, 0.05) is 10.0 Å². The zero-order valence-corrected chi connectivity index (χ0v) is 8.43. The predicted octanol–water partition coefficient (Wildman–Crippen LogP) is 3.50. The van der Waals surface area contributed by atoms with E-state index in [1.807, 2.05) is 0 Å². The Hall–Kier alpha value is 0.01000. The van der Waals surface area contributed by atoms with Gasteiger partial charge in [0.15, 0.2) is 0 Å². The van der Waals surface area contributed by atoms with Crippen LogP contribution in [-0.4, -0.2) is 4.32 Å². The molecule has 0 spiro atoms. The van der Waals surface area contributed by atoms with Crippen molar-refractivity contribution in [2.45, 2.75) is 0 Å². The highest BCUT2D eigenvalue weighted by Crippen LogP contribution is 2.16. The third-order valence-corrected chi connectivity index (χ3v) is 2.00. The second-order valence-electron chi connectivity index (χ2n) is 1.93. The van der Waals surface area contributed by atoms with Crippen LogP contribution in [0.2, 0.25) is 0 Å². The lowest BCUT2D eigenvalue weighted by molar-refractivity contribution is 0.627. The molecule has 0 aliphatic heterocycles. The maximum absolute atomic E-state index is 12.6. The van der Waals surface area contributed by atoms with Crippen molar-refractivity contribution < 1.29 is 4.39 Å². The third kappa shape index (κ3) is 2.51. The van der Waals surface area contributed by atoms with Crippen LogP contribution >= 0.6 is 39.7 Å². The van der Waals surface area contributed by atoms with Crippen molar-refractivity contribution in [1.29, 1.82) is 0 Å². The Labute approximate surface area is 82.5 Å². The van der Waals surface area contributed by atoms with E-state index in [1.54, 1.807) is 6.07 Å². The largest absolute Gasteiger partial charge is 0.207 e. The van der Waals surface area contributed by atoms with E-state index in [9.17, 15) is 4.39 Å². The van der Waals surface area contributed by atoms with Crippen molar-refractivity contribution in [2.75, 3.05) is 0 Å². The van der Waals surface area contributed by atoms with E-state index in [0.29, 0.717) is 10.0 Å². The molecule has 0 N–H and O–H groups in total. The molecule has 58 valence electrons. The average molecular weight is 254 g/mol. The van der Waals surface area contributed by atoms with Gasteiger partial charge in [-0.05, 0) is 18.2 Å². The molecule has 0 unspecified atom stereocenters. The van der Waals surface area contributed by atoms with E-state index < -0.39 is 0 Å². The Morgan fingerprint density at radius 1 is 1.45 bits per heavy atom. The molecule has 1 rings (SSSR count). The third-order valence-electron chi connectivity index (χ3n) is 1.09. The maximum atomic E-state index is 12.6. The summed E-state index contributed by atoms with van der Waals surface area (Å²) in [6.07, 6.45) is 0. The van der Waals surface area contributed by atoms with E-state index in [2.05, 4.69) is 28.1 Å². The lowest BCUT2D eigenvalue weighted by Crippen LogP contribution is -1.88. The molecule has 0 aromatic heterocycles. The molecule has 11 heavy (non-hydrogen) atoms. The maximum Gasteiger partial charge on any atom is 0.125 e. The van der Waals surface area contributed by atoms with Crippen LogP contribution in [0.4, 0.5) is 4.39 Å². The van der Waals surface area contributed by atoms with Gasteiger partial charge in [-0.1, -0.05) is 39.7 Å². The van der Waals surface area contributed by atoms with Crippen molar-refractivity contribution in [3.8, 4) is 0 Å². The topological polar surface area (TPSA) is 0 Å². The van der Waals surface area contributed by atoms with Gasteiger partial charge in [0.1, 0.15) is 10.1 Å². The molecular weight excluding hydrogens is 250 g/mol. The Morgan fingerprint density at radius 3 is 2.55 bits per heavy atom. The molecule has 0 atom stereocenters. The monoisotopic (exact) mass is 252 g/mol. The molecule has 4 heteroatoms. The molecule has 0 saturated heterocycles. The summed E-state index contributed by atoms with van der Waals surface area (Å²) in [6, 6.07) is 4.30. The average Bonchev–Trinajstić information content (AvgIpc) is 1.85. The minimum Gasteiger partial charge on any atom is -0.207 e. The second-order valence-corrected chi connectivity index (χ2v) is 3.86. The molecular formula is C7H3BrClFS. The van der Waals surface area contributed by atoms with Crippen LogP contribution < -0.4 is 0 Å². The van der Waals surface area contributed by atoms with Gasteiger partial charge in [0.05, 0.1) is 0 Å². The minimum absolute atomic E-state index is 0.171. The quantitative estimate of drug-likeness (QED) is 0.545. The van der Waals surface area contributed by atoms with Gasteiger partial charge in [0.2, 0.25) is 0 Å². The zero-order chi connectivity index (χ0) is 8.43. The molecule has 0 saturated carbocycles. The van der Waals surface area contributed by atoms with Gasteiger partial charge < -0.3 is 0 Å². The summed E-state index contributed by atoms with van der Waals surface area (Å²) in [6.45, 7) is 0. The summed E-state index contributed by atoms with van der Waals surface area (Å²) in [4.78, 5) is 0. The Kier molecular flexibility index (Phi) is 2.98. The number of hydrogen-bond donors (Lipinski definition) is 0. The van der Waals surface area contributed by atoms with Crippen molar-refractivity contribution in [3.05, 3.63) is 34.1 Å². The van der Waals surface area contributed by atoms with Gasteiger partial charge in [-0.3, -0.25) is 0 Å². The van der Waals surface area contributed by atoms with Gasteiger partial charge in [0.25, 0.3) is 0 Å². The summed E-state index contributed by atoms with van der Waals surface area (Å²) in [5.74, 6) is -0.350.